The van der Waals surface area contributed by atoms with Crippen LogP contribution in [0.2, 0.25) is 0 Å². The molecule has 116 valence electrons. The molecule has 0 saturated carbocycles. The van der Waals surface area contributed by atoms with Crippen LogP contribution in [0, 0.1) is 0 Å². The molecule has 1 N–H and O–H groups in total. The molecule has 1 aromatic carbocycles. The molecule has 1 unspecified atom stereocenters. The van der Waals surface area contributed by atoms with Gasteiger partial charge in [0.2, 0.25) is 0 Å². The third kappa shape index (κ3) is 3.39. The van der Waals surface area contributed by atoms with E-state index in [0.29, 0.717) is 6.42 Å². The average Bonchev–Trinajstić information content (AvgIpc) is 2.78. The maximum atomic E-state index is 11.0. The molecule has 0 saturated heterocycles. The summed E-state index contributed by atoms with van der Waals surface area (Å²) in [4.78, 5) is 0. The molecular weight excluding hydrogens is 290 g/mol. The second kappa shape index (κ2) is 5.69. The molecule has 21 heavy (non-hydrogen) atoms. The molecule has 3 rings (SSSR count). The van der Waals surface area contributed by atoms with Crippen LogP contribution in [0.4, 0.5) is 5.69 Å². The van der Waals surface area contributed by atoms with Crippen molar-refractivity contribution in [1.82, 2.24) is 0 Å². The van der Waals surface area contributed by atoms with E-state index in [0.717, 1.165) is 41.8 Å². The Kier molecular flexibility index (Phi) is 4.30. The molecule has 0 fully saturated rings. The second-order valence-electron chi connectivity index (χ2n) is 5.23. The average molecular weight is 311 g/mol. The largest absolute Gasteiger partial charge is 0.487 e. The Morgan fingerprint density at radius 2 is 2.14 bits per heavy atom. The fraction of sp³-hybridized carbons (Fsp3) is 0.467. The Morgan fingerprint density at radius 1 is 1.38 bits per heavy atom. The molecule has 0 radical (unpaired) electrons. The quantitative estimate of drug-likeness (QED) is 0.869. The molecule has 2 heterocycles. The van der Waals surface area contributed by atoms with Crippen LogP contribution in [0.15, 0.2) is 24.4 Å². The van der Waals surface area contributed by atoms with Crippen molar-refractivity contribution >= 4 is 15.8 Å². The van der Waals surface area contributed by atoms with Gasteiger partial charge in [-0.15, -0.1) is 0 Å². The van der Waals surface area contributed by atoms with Crippen molar-refractivity contribution in [1.29, 1.82) is 0 Å². The molecule has 0 aromatic heterocycles. The zero-order valence-corrected chi connectivity index (χ0v) is 12.1. The maximum Gasteiger partial charge on any atom is 0.264 e. The van der Waals surface area contributed by atoms with E-state index in [4.69, 9.17) is 8.92 Å². The first kappa shape index (κ1) is 15.9. The lowest BCUT2D eigenvalue weighted by molar-refractivity contribution is 0.153. The van der Waals surface area contributed by atoms with Gasteiger partial charge in [0.15, 0.2) is 0 Å². The highest BCUT2D eigenvalue weighted by atomic mass is 32.2. The lowest BCUT2D eigenvalue weighted by Gasteiger charge is -2.21. The van der Waals surface area contributed by atoms with Gasteiger partial charge in [0.05, 0.1) is 6.26 Å². The summed E-state index contributed by atoms with van der Waals surface area (Å²) in [5.74, 6) is 0.833. The van der Waals surface area contributed by atoms with Crippen molar-refractivity contribution in [2.75, 3.05) is 18.2 Å². The molecule has 2 aliphatic heterocycles. The molecule has 2 aliphatic rings. The topological polar surface area (TPSA) is 64.6 Å². The number of hydrogen-bond acceptors (Lipinski definition) is 5. The van der Waals surface area contributed by atoms with Crippen LogP contribution in [0.5, 0.6) is 5.75 Å². The number of benzene rings is 1. The first-order chi connectivity index (χ1) is 9.42. The van der Waals surface area contributed by atoms with E-state index in [9.17, 15) is 8.42 Å². The van der Waals surface area contributed by atoms with Crippen LogP contribution in [-0.2, 0) is 27.1 Å². The van der Waals surface area contributed by atoms with Gasteiger partial charge in [-0.1, -0.05) is 14.0 Å². The van der Waals surface area contributed by atoms with Crippen LogP contribution in [0.3, 0.4) is 0 Å². The predicted octanol–water partition coefficient (Wildman–Crippen LogP) is 2.47. The van der Waals surface area contributed by atoms with Gasteiger partial charge in [-0.2, -0.15) is 8.42 Å². The van der Waals surface area contributed by atoms with Gasteiger partial charge >= 0.3 is 0 Å². The van der Waals surface area contributed by atoms with Crippen LogP contribution < -0.4 is 10.1 Å². The minimum absolute atomic E-state index is 0. The summed E-state index contributed by atoms with van der Waals surface area (Å²) in [5, 5.41) is 3.28. The summed E-state index contributed by atoms with van der Waals surface area (Å²) in [6.45, 7) is 4.01. The Morgan fingerprint density at radius 3 is 2.86 bits per heavy atom. The van der Waals surface area contributed by atoms with Crippen molar-refractivity contribution in [2.24, 2.45) is 0 Å². The Hall–Kier alpha value is -1.53. The summed E-state index contributed by atoms with van der Waals surface area (Å²) in [6.07, 6.45) is 3.34. The minimum Gasteiger partial charge on any atom is -0.487 e. The standard InChI is InChI=1S/C14H17NO4S.CH4/c1-9-3-4-11-12-7-10(8-18-20(2,16)17)19-14(12)6-5-13(11)15-9;/h5-6,10,15H,1,3-4,7-8H2,2H3;1H4. The number of ether oxygens (including phenoxy) is 1. The highest BCUT2D eigenvalue weighted by molar-refractivity contribution is 7.85. The Balaban J connectivity index is 0.00000161. The molecule has 1 atom stereocenters. The molecule has 0 aliphatic carbocycles. The van der Waals surface area contributed by atoms with Crippen LogP contribution in [0.1, 0.15) is 25.0 Å². The second-order valence-corrected chi connectivity index (χ2v) is 6.87. The fourth-order valence-corrected chi connectivity index (χ4v) is 3.08. The number of nitrogens with one attached hydrogen (secondary N) is 1. The third-order valence-corrected chi connectivity index (χ3v) is 4.13. The van der Waals surface area contributed by atoms with E-state index in [1.807, 2.05) is 12.1 Å². The van der Waals surface area contributed by atoms with Gasteiger partial charge in [-0.3, -0.25) is 4.18 Å². The molecular formula is C15H21NO4S. The summed E-state index contributed by atoms with van der Waals surface area (Å²) < 4.78 is 32.6. The number of anilines is 1. The van der Waals surface area contributed by atoms with Gasteiger partial charge < -0.3 is 10.1 Å². The van der Waals surface area contributed by atoms with Crippen molar-refractivity contribution < 1.29 is 17.3 Å². The number of allylic oxidation sites excluding steroid dienone is 1. The molecule has 5 nitrogen and oxygen atoms in total. The Labute approximate surface area is 126 Å². The van der Waals surface area contributed by atoms with E-state index in [2.05, 4.69) is 11.9 Å². The fourth-order valence-electron chi connectivity index (χ4n) is 2.68. The van der Waals surface area contributed by atoms with Gasteiger partial charge in [-0.25, -0.2) is 0 Å². The van der Waals surface area contributed by atoms with Crippen molar-refractivity contribution in [3.05, 3.63) is 35.5 Å². The summed E-state index contributed by atoms with van der Waals surface area (Å²) in [5.41, 5.74) is 4.50. The zero-order valence-electron chi connectivity index (χ0n) is 11.3. The lowest BCUT2D eigenvalue weighted by atomic mass is 9.94. The van der Waals surface area contributed by atoms with E-state index in [1.54, 1.807) is 0 Å². The van der Waals surface area contributed by atoms with E-state index < -0.39 is 10.1 Å². The van der Waals surface area contributed by atoms with Gasteiger partial charge in [0, 0.05) is 23.4 Å². The smallest absolute Gasteiger partial charge is 0.264 e. The van der Waals surface area contributed by atoms with Crippen molar-refractivity contribution in [3.8, 4) is 5.75 Å². The van der Waals surface area contributed by atoms with E-state index >= 15 is 0 Å². The SMILES string of the molecule is C.C=C1CCc2c(ccc3c2CC(COS(C)(=O)=O)O3)N1. The Bertz CT molecular complexity index is 666. The van der Waals surface area contributed by atoms with E-state index in [-0.39, 0.29) is 20.1 Å². The van der Waals surface area contributed by atoms with E-state index in [1.165, 1.54) is 5.56 Å². The highest BCUT2D eigenvalue weighted by Gasteiger charge is 2.29. The normalized spacial score (nSPS) is 19.9. The maximum absolute atomic E-state index is 11.0. The van der Waals surface area contributed by atoms with Crippen LogP contribution in [0.25, 0.3) is 0 Å². The van der Waals surface area contributed by atoms with Crippen molar-refractivity contribution in [2.45, 2.75) is 32.8 Å². The van der Waals surface area contributed by atoms with Crippen LogP contribution in [-0.4, -0.2) is 27.4 Å². The van der Waals surface area contributed by atoms with Gasteiger partial charge in [0.25, 0.3) is 10.1 Å². The van der Waals surface area contributed by atoms with Gasteiger partial charge in [0.1, 0.15) is 18.5 Å². The predicted molar refractivity (Wildman–Crippen MR) is 83.2 cm³/mol. The monoisotopic (exact) mass is 311 g/mol. The summed E-state index contributed by atoms with van der Waals surface area (Å²) >= 11 is 0. The van der Waals surface area contributed by atoms with Gasteiger partial charge in [-0.05, 0) is 30.5 Å². The number of rotatable bonds is 3. The zero-order chi connectivity index (χ0) is 14.3. The summed E-state index contributed by atoms with van der Waals surface area (Å²) in [6, 6.07) is 3.90. The third-order valence-electron chi connectivity index (χ3n) is 3.57. The summed E-state index contributed by atoms with van der Waals surface area (Å²) in [7, 11) is -3.43. The molecule has 0 bridgehead atoms. The molecule has 0 amide bonds. The van der Waals surface area contributed by atoms with Crippen LogP contribution >= 0.6 is 0 Å². The minimum atomic E-state index is -3.43. The number of fused-ring (bicyclic) bond motifs is 3. The first-order valence-electron chi connectivity index (χ1n) is 6.53. The highest BCUT2D eigenvalue weighted by Crippen LogP contribution is 2.39. The number of hydrogen-bond donors (Lipinski definition) is 1. The first-order valence-corrected chi connectivity index (χ1v) is 8.34. The molecule has 6 heteroatoms. The molecule has 1 aromatic rings. The lowest BCUT2D eigenvalue weighted by Crippen LogP contribution is -2.22. The van der Waals surface area contributed by atoms with Crippen molar-refractivity contribution in [3.63, 3.8) is 0 Å². The molecule has 0 spiro atoms.